The summed E-state index contributed by atoms with van der Waals surface area (Å²) in [5, 5.41) is 13.2. The zero-order chi connectivity index (χ0) is 26.5. The second-order valence-electron chi connectivity index (χ2n) is 9.14. The summed E-state index contributed by atoms with van der Waals surface area (Å²) in [6.45, 7) is 14.1. The average molecular weight is 503 g/mol. The molecule has 0 amide bonds. The van der Waals surface area contributed by atoms with E-state index in [1.807, 2.05) is 25.2 Å². The Morgan fingerprint density at radius 1 is 0.943 bits per heavy atom. The molecule has 35 heavy (non-hydrogen) atoms. The van der Waals surface area contributed by atoms with Gasteiger partial charge >= 0.3 is 5.97 Å². The van der Waals surface area contributed by atoms with E-state index in [9.17, 15) is 9.90 Å². The largest absolute Gasteiger partial charge is 0.542 e. The predicted molar refractivity (Wildman–Crippen MR) is 139 cm³/mol. The smallest absolute Gasteiger partial charge is 0.333 e. The molecule has 1 unspecified atom stereocenters. The van der Waals surface area contributed by atoms with E-state index in [-0.39, 0.29) is 11.0 Å². The molecule has 2 aromatic carbocycles. The normalized spacial score (nSPS) is 12.1. The van der Waals surface area contributed by atoms with Crippen LogP contribution in [0.2, 0.25) is 13.1 Å². The summed E-state index contributed by atoms with van der Waals surface area (Å²) in [4.78, 5) is 12.1. The highest BCUT2D eigenvalue weighted by Crippen LogP contribution is 2.46. The number of ether oxygens (including phenoxy) is 4. The van der Waals surface area contributed by atoms with E-state index in [4.69, 9.17) is 23.4 Å². The maximum atomic E-state index is 12.1. The molecule has 0 heterocycles. The summed E-state index contributed by atoms with van der Waals surface area (Å²) in [7, 11) is 4.96. The Labute approximate surface area is 209 Å². The molecule has 0 saturated heterocycles. The number of aliphatic carboxylic acids is 1. The second-order valence-corrected chi connectivity index (χ2v) is 11.2. The lowest BCUT2D eigenvalue weighted by Crippen LogP contribution is -2.24. The summed E-state index contributed by atoms with van der Waals surface area (Å²) in [6.07, 6.45) is 0. The molecule has 0 fully saturated rings. The highest BCUT2D eigenvalue weighted by atomic mass is 28.3. The lowest BCUT2D eigenvalue weighted by Gasteiger charge is -2.31. The molecule has 2 N–H and O–H groups in total. The number of carboxylic acid groups (broad SMARTS) is 1. The third kappa shape index (κ3) is 6.22. The van der Waals surface area contributed by atoms with Crippen LogP contribution in [0.1, 0.15) is 37.9 Å². The number of carboxylic acids is 1. The lowest BCUT2D eigenvalue weighted by atomic mass is 9.82. The van der Waals surface area contributed by atoms with Gasteiger partial charge in [-0.05, 0) is 30.6 Å². The van der Waals surface area contributed by atoms with E-state index in [2.05, 4.69) is 32.7 Å². The van der Waals surface area contributed by atoms with E-state index in [0.717, 1.165) is 5.56 Å². The van der Waals surface area contributed by atoms with Crippen molar-refractivity contribution in [2.45, 2.75) is 45.3 Å². The van der Waals surface area contributed by atoms with Crippen molar-refractivity contribution in [1.82, 2.24) is 0 Å². The molecule has 0 spiro atoms. The van der Waals surface area contributed by atoms with Crippen molar-refractivity contribution in [3.63, 3.8) is 0 Å². The number of anilines is 1. The van der Waals surface area contributed by atoms with Crippen LogP contribution in [0.15, 0.2) is 36.4 Å². The molecule has 1 atom stereocenters. The molecular formula is C26H36NO7Si. The Hall–Kier alpha value is -3.33. The van der Waals surface area contributed by atoms with Crippen LogP contribution in [0.4, 0.5) is 5.69 Å². The molecule has 1 radical (unpaired) electrons. The van der Waals surface area contributed by atoms with Crippen molar-refractivity contribution in [1.29, 1.82) is 0 Å². The van der Waals surface area contributed by atoms with Crippen LogP contribution >= 0.6 is 0 Å². The minimum atomic E-state index is -1.21. The minimum Gasteiger partial charge on any atom is -0.542 e. The summed E-state index contributed by atoms with van der Waals surface area (Å²) < 4.78 is 28.4. The second kappa shape index (κ2) is 11.4. The zero-order valence-electron chi connectivity index (χ0n) is 22.0. The van der Waals surface area contributed by atoms with Crippen LogP contribution in [0.5, 0.6) is 28.7 Å². The third-order valence-corrected chi connectivity index (χ3v) is 5.95. The van der Waals surface area contributed by atoms with E-state index >= 15 is 0 Å². The fourth-order valence-electron chi connectivity index (χ4n) is 3.81. The van der Waals surface area contributed by atoms with Crippen molar-refractivity contribution in [3.8, 4) is 28.7 Å². The van der Waals surface area contributed by atoms with Crippen LogP contribution in [0.3, 0.4) is 0 Å². The molecule has 2 rings (SSSR count). The van der Waals surface area contributed by atoms with Crippen LogP contribution in [0.25, 0.3) is 0 Å². The first-order valence-corrected chi connectivity index (χ1v) is 13.5. The Bertz CT molecular complexity index is 1050. The molecular weight excluding hydrogens is 466 g/mol. The lowest BCUT2D eigenvalue weighted by molar-refractivity contribution is -0.132. The molecule has 9 heteroatoms. The SMILES string of the molecule is C=C(C(=O)O)C(Nc1cc(OC)c(OC)c(OC)c1)c1ccc(OC)c(C(C)(C)C)c1O[Si](C)C. The van der Waals surface area contributed by atoms with E-state index in [1.165, 1.54) is 21.3 Å². The molecule has 0 saturated carbocycles. The molecule has 8 nitrogen and oxygen atoms in total. The molecule has 0 aliphatic carbocycles. The number of carbonyl (C=O) groups is 1. The molecule has 0 aromatic heterocycles. The quantitative estimate of drug-likeness (QED) is 0.310. The average Bonchev–Trinajstić information content (AvgIpc) is 2.79. The molecule has 191 valence electrons. The van der Waals surface area contributed by atoms with Crippen LogP contribution in [-0.4, -0.2) is 48.6 Å². The monoisotopic (exact) mass is 502 g/mol. The number of rotatable bonds is 11. The van der Waals surface area contributed by atoms with Crippen molar-refractivity contribution in [2.75, 3.05) is 33.8 Å². The Kier molecular flexibility index (Phi) is 9.09. The summed E-state index contributed by atoms with van der Waals surface area (Å²) >= 11 is 0. The van der Waals surface area contributed by atoms with Crippen molar-refractivity contribution in [2.24, 2.45) is 0 Å². The van der Waals surface area contributed by atoms with Crippen LogP contribution in [-0.2, 0) is 10.2 Å². The predicted octanol–water partition coefficient (Wildman–Crippen LogP) is 5.44. The van der Waals surface area contributed by atoms with E-state index < -0.39 is 21.1 Å². The van der Waals surface area contributed by atoms with Gasteiger partial charge in [0.25, 0.3) is 9.04 Å². The fourth-order valence-corrected chi connectivity index (χ4v) is 4.44. The molecule has 0 aliphatic rings. The van der Waals surface area contributed by atoms with Gasteiger partial charge in [0.05, 0.1) is 40.1 Å². The highest BCUT2D eigenvalue weighted by molar-refractivity contribution is 6.49. The van der Waals surface area contributed by atoms with Gasteiger partial charge in [0, 0.05) is 28.9 Å². The minimum absolute atomic E-state index is 0.0467. The summed E-state index contributed by atoms with van der Waals surface area (Å²) in [5.74, 6) is 1.44. The number of nitrogens with one attached hydrogen (secondary N) is 1. The summed E-state index contributed by atoms with van der Waals surface area (Å²) in [6, 6.07) is 6.26. The first-order chi connectivity index (χ1) is 16.4. The molecule has 2 aromatic rings. The van der Waals surface area contributed by atoms with Gasteiger partial charge in [0.15, 0.2) is 11.5 Å². The molecule has 0 aliphatic heterocycles. The van der Waals surface area contributed by atoms with Crippen molar-refractivity contribution < 1.29 is 33.3 Å². The van der Waals surface area contributed by atoms with Crippen molar-refractivity contribution in [3.05, 3.63) is 47.5 Å². The van der Waals surface area contributed by atoms with E-state index in [0.29, 0.717) is 40.0 Å². The topological polar surface area (TPSA) is 95.5 Å². The van der Waals surface area contributed by atoms with Gasteiger partial charge in [-0.2, -0.15) is 0 Å². The van der Waals surface area contributed by atoms with Gasteiger partial charge in [-0.15, -0.1) is 0 Å². The number of hydrogen-bond donors (Lipinski definition) is 2. The fraction of sp³-hybridized carbons (Fsp3) is 0.423. The number of benzene rings is 2. The third-order valence-electron chi connectivity index (χ3n) is 5.34. The van der Waals surface area contributed by atoms with Crippen LogP contribution in [0, 0.1) is 0 Å². The Morgan fingerprint density at radius 3 is 1.89 bits per heavy atom. The number of methoxy groups -OCH3 is 4. The zero-order valence-corrected chi connectivity index (χ0v) is 23.0. The van der Waals surface area contributed by atoms with Crippen LogP contribution < -0.4 is 28.7 Å². The maximum Gasteiger partial charge on any atom is 0.333 e. The first kappa shape index (κ1) is 27.9. The first-order valence-electron chi connectivity index (χ1n) is 11.1. The Morgan fingerprint density at radius 2 is 1.49 bits per heavy atom. The Balaban J connectivity index is 2.81. The van der Waals surface area contributed by atoms with E-state index in [1.54, 1.807) is 19.2 Å². The summed E-state index contributed by atoms with van der Waals surface area (Å²) in [5.41, 5.74) is 1.68. The standard InChI is InChI=1S/C26H36NO7Si/c1-15(25(28)29)22(27-16-13-19(31-6)24(33-8)20(14-16)32-7)17-11-12-18(30-5)21(26(2,3)4)23(17)34-35(9)10/h11-14,22,27H,1H2,2-10H3,(H,28,29). The van der Waals surface area contributed by atoms with Gasteiger partial charge in [-0.1, -0.05) is 27.4 Å². The number of hydrogen-bond acceptors (Lipinski definition) is 7. The molecule has 0 bridgehead atoms. The highest BCUT2D eigenvalue weighted by Gasteiger charge is 2.32. The van der Waals surface area contributed by atoms with Crippen molar-refractivity contribution >= 4 is 20.7 Å². The van der Waals surface area contributed by atoms with Gasteiger partial charge in [0.1, 0.15) is 11.5 Å². The van der Waals surface area contributed by atoms with Gasteiger partial charge in [-0.3, -0.25) is 0 Å². The van der Waals surface area contributed by atoms with Gasteiger partial charge in [-0.25, -0.2) is 4.79 Å². The van der Waals surface area contributed by atoms with Gasteiger partial charge < -0.3 is 33.8 Å². The maximum absolute atomic E-state index is 12.1. The van der Waals surface area contributed by atoms with Gasteiger partial charge in [0.2, 0.25) is 5.75 Å².